The summed E-state index contributed by atoms with van der Waals surface area (Å²) in [6.45, 7) is 5.31. The average molecular weight is 239 g/mol. The number of rotatable bonds is 5. The van der Waals surface area contributed by atoms with Crippen molar-refractivity contribution in [1.82, 2.24) is 0 Å². The highest BCUT2D eigenvalue weighted by atomic mass is 32.1. The molecule has 2 nitrogen and oxygen atoms in total. The van der Waals surface area contributed by atoms with Crippen LogP contribution in [0.1, 0.15) is 25.3 Å². The summed E-state index contributed by atoms with van der Waals surface area (Å²) in [6.07, 6.45) is 0. The molecule has 0 unspecified atom stereocenters. The van der Waals surface area contributed by atoms with E-state index in [0.717, 1.165) is 23.7 Å². The van der Waals surface area contributed by atoms with E-state index in [1.165, 1.54) is 5.56 Å². The second-order valence-electron chi connectivity index (χ2n) is 4.23. The predicted molar refractivity (Wildman–Crippen MR) is 74.2 cm³/mol. The number of ether oxygens (including phenoxy) is 1. The molecule has 0 fully saturated rings. The van der Waals surface area contributed by atoms with Crippen LogP contribution in [0, 0.1) is 0 Å². The molecule has 0 atom stereocenters. The molecule has 16 heavy (non-hydrogen) atoms. The summed E-state index contributed by atoms with van der Waals surface area (Å²) in [7, 11) is 3.78. The Morgan fingerprint density at radius 3 is 2.56 bits per heavy atom. The third-order valence-electron chi connectivity index (χ3n) is 2.72. The molecular formula is C13H21NOS. The van der Waals surface area contributed by atoms with Crippen molar-refractivity contribution in [3.63, 3.8) is 0 Å². The van der Waals surface area contributed by atoms with Crippen LogP contribution < -0.4 is 9.64 Å². The molecule has 0 radical (unpaired) electrons. The van der Waals surface area contributed by atoms with Gasteiger partial charge in [0.2, 0.25) is 0 Å². The smallest absolute Gasteiger partial charge is 0.142 e. The summed E-state index contributed by atoms with van der Waals surface area (Å²) in [5, 5.41) is 0. The molecule has 0 aliphatic heterocycles. The lowest BCUT2D eigenvalue weighted by atomic mass is 10.0. The first-order valence-corrected chi connectivity index (χ1v) is 6.23. The molecule has 0 saturated carbocycles. The zero-order valence-electron chi connectivity index (χ0n) is 10.5. The van der Waals surface area contributed by atoms with Gasteiger partial charge >= 0.3 is 0 Å². The second kappa shape index (κ2) is 6.04. The normalized spacial score (nSPS) is 10.6. The van der Waals surface area contributed by atoms with Gasteiger partial charge in [-0.15, -0.1) is 0 Å². The minimum atomic E-state index is 0.536. The average Bonchev–Trinajstić information content (AvgIpc) is 2.28. The Morgan fingerprint density at radius 2 is 2.06 bits per heavy atom. The van der Waals surface area contributed by atoms with Crippen molar-refractivity contribution in [2.24, 2.45) is 0 Å². The fourth-order valence-electron chi connectivity index (χ4n) is 1.63. The van der Waals surface area contributed by atoms with Crippen molar-refractivity contribution < 1.29 is 4.74 Å². The van der Waals surface area contributed by atoms with Gasteiger partial charge in [0.25, 0.3) is 0 Å². The number of nitrogens with zero attached hydrogens (tertiary/aromatic N) is 1. The lowest BCUT2D eigenvalue weighted by Gasteiger charge is -2.22. The van der Waals surface area contributed by atoms with Crippen LogP contribution in [0.25, 0.3) is 0 Å². The predicted octanol–water partition coefficient (Wildman–Crippen LogP) is 3.18. The van der Waals surface area contributed by atoms with Crippen LogP contribution in [0.2, 0.25) is 0 Å². The molecule has 1 rings (SSSR count). The van der Waals surface area contributed by atoms with Gasteiger partial charge in [-0.3, -0.25) is 0 Å². The Hall–Kier alpha value is -0.830. The molecule has 0 aliphatic carbocycles. The first-order chi connectivity index (χ1) is 7.60. The van der Waals surface area contributed by atoms with E-state index < -0.39 is 0 Å². The van der Waals surface area contributed by atoms with E-state index in [4.69, 9.17) is 4.74 Å². The maximum atomic E-state index is 5.38. The van der Waals surface area contributed by atoms with Crippen LogP contribution in [0.5, 0.6) is 5.75 Å². The van der Waals surface area contributed by atoms with E-state index in [2.05, 4.69) is 50.6 Å². The Kier molecular flexibility index (Phi) is 5.00. The molecule has 1 aromatic carbocycles. The van der Waals surface area contributed by atoms with Crippen molar-refractivity contribution >= 4 is 18.3 Å². The number of hydrogen-bond donors (Lipinski definition) is 1. The molecule has 1 aromatic rings. The molecule has 3 heteroatoms. The lowest BCUT2D eigenvalue weighted by Crippen LogP contribution is -2.20. The third kappa shape index (κ3) is 3.08. The van der Waals surface area contributed by atoms with Crippen molar-refractivity contribution in [2.75, 3.05) is 31.4 Å². The quantitative estimate of drug-likeness (QED) is 0.792. The summed E-state index contributed by atoms with van der Waals surface area (Å²) < 4.78 is 5.38. The largest absolute Gasteiger partial charge is 0.495 e. The summed E-state index contributed by atoms with van der Waals surface area (Å²) in [5.41, 5.74) is 2.48. The highest BCUT2D eigenvalue weighted by molar-refractivity contribution is 7.80. The first kappa shape index (κ1) is 13.2. The maximum Gasteiger partial charge on any atom is 0.142 e. The number of thiol groups is 1. The SMILES string of the molecule is COc1ccc(C(C)C)cc1N(C)CCS. The van der Waals surface area contributed by atoms with Crippen LogP contribution in [0.3, 0.4) is 0 Å². The van der Waals surface area contributed by atoms with Crippen LogP contribution in [-0.4, -0.2) is 26.5 Å². The highest BCUT2D eigenvalue weighted by Gasteiger charge is 2.10. The van der Waals surface area contributed by atoms with Crippen molar-refractivity contribution in [3.8, 4) is 5.75 Å². The number of hydrogen-bond acceptors (Lipinski definition) is 3. The van der Waals surface area contributed by atoms with Gasteiger partial charge in [0, 0.05) is 19.3 Å². The third-order valence-corrected chi connectivity index (χ3v) is 2.92. The van der Waals surface area contributed by atoms with Crippen molar-refractivity contribution in [2.45, 2.75) is 19.8 Å². The van der Waals surface area contributed by atoms with Gasteiger partial charge in [-0.2, -0.15) is 12.6 Å². The fourth-order valence-corrected chi connectivity index (χ4v) is 1.93. The van der Waals surface area contributed by atoms with Gasteiger partial charge in [0.1, 0.15) is 5.75 Å². The molecule has 0 aromatic heterocycles. The molecule has 0 amide bonds. The standard InChI is InChI=1S/C13H21NOS/c1-10(2)11-5-6-13(15-4)12(9-11)14(3)7-8-16/h5-6,9-10,16H,7-8H2,1-4H3. The van der Waals surface area contributed by atoms with Gasteiger partial charge in [-0.05, 0) is 23.6 Å². The summed E-state index contributed by atoms with van der Waals surface area (Å²) >= 11 is 4.26. The Bertz CT molecular complexity index is 339. The monoisotopic (exact) mass is 239 g/mol. The topological polar surface area (TPSA) is 12.5 Å². The van der Waals surface area contributed by atoms with Crippen LogP contribution >= 0.6 is 12.6 Å². The molecule has 0 aliphatic rings. The first-order valence-electron chi connectivity index (χ1n) is 5.60. The zero-order chi connectivity index (χ0) is 12.1. The number of benzene rings is 1. The van der Waals surface area contributed by atoms with E-state index in [9.17, 15) is 0 Å². The second-order valence-corrected chi connectivity index (χ2v) is 4.68. The molecule has 0 spiro atoms. The van der Waals surface area contributed by atoms with Crippen LogP contribution in [0.4, 0.5) is 5.69 Å². The van der Waals surface area contributed by atoms with E-state index in [-0.39, 0.29) is 0 Å². The fraction of sp³-hybridized carbons (Fsp3) is 0.538. The van der Waals surface area contributed by atoms with Gasteiger partial charge in [-0.1, -0.05) is 19.9 Å². The van der Waals surface area contributed by atoms with Crippen molar-refractivity contribution in [3.05, 3.63) is 23.8 Å². The van der Waals surface area contributed by atoms with E-state index in [1.807, 2.05) is 6.07 Å². The van der Waals surface area contributed by atoms with Crippen LogP contribution in [0.15, 0.2) is 18.2 Å². The minimum Gasteiger partial charge on any atom is -0.495 e. The minimum absolute atomic E-state index is 0.536. The van der Waals surface area contributed by atoms with E-state index in [1.54, 1.807) is 7.11 Å². The Labute approximate surface area is 104 Å². The van der Waals surface area contributed by atoms with E-state index in [0.29, 0.717) is 5.92 Å². The molecule has 0 saturated heterocycles. The summed E-state index contributed by atoms with van der Waals surface area (Å²) in [6, 6.07) is 6.37. The number of methoxy groups -OCH3 is 1. The summed E-state index contributed by atoms with van der Waals surface area (Å²) in [4.78, 5) is 2.18. The molecular weight excluding hydrogens is 218 g/mol. The zero-order valence-corrected chi connectivity index (χ0v) is 11.4. The van der Waals surface area contributed by atoms with E-state index >= 15 is 0 Å². The summed E-state index contributed by atoms with van der Waals surface area (Å²) in [5.74, 6) is 2.30. The molecule has 0 N–H and O–H groups in total. The van der Waals surface area contributed by atoms with Gasteiger partial charge in [-0.25, -0.2) is 0 Å². The van der Waals surface area contributed by atoms with Gasteiger partial charge < -0.3 is 9.64 Å². The van der Waals surface area contributed by atoms with Gasteiger partial charge in [0.15, 0.2) is 0 Å². The highest BCUT2D eigenvalue weighted by Crippen LogP contribution is 2.30. The Morgan fingerprint density at radius 1 is 1.38 bits per heavy atom. The molecule has 0 bridgehead atoms. The molecule has 90 valence electrons. The lowest BCUT2D eigenvalue weighted by molar-refractivity contribution is 0.415. The number of anilines is 1. The van der Waals surface area contributed by atoms with Crippen molar-refractivity contribution in [1.29, 1.82) is 0 Å². The Balaban J connectivity index is 3.06. The van der Waals surface area contributed by atoms with Gasteiger partial charge in [0.05, 0.1) is 12.8 Å². The maximum absolute atomic E-state index is 5.38. The molecule has 0 heterocycles. The van der Waals surface area contributed by atoms with Crippen LogP contribution in [-0.2, 0) is 0 Å².